The molecule has 1 aromatic carbocycles. The average Bonchev–Trinajstić information content (AvgIpc) is 2.29. The predicted molar refractivity (Wildman–Crippen MR) is 56.5 cm³/mol. The lowest BCUT2D eigenvalue weighted by Crippen LogP contribution is -2.35. The summed E-state index contributed by atoms with van der Waals surface area (Å²) in [6, 6.07) is 7.59. The van der Waals surface area contributed by atoms with E-state index in [1.807, 2.05) is 31.2 Å². The van der Waals surface area contributed by atoms with Gasteiger partial charge in [0.15, 0.2) is 17.6 Å². The second-order valence-corrected chi connectivity index (χ2v) is 3.28. The number of nitrogens with zero attached hydrogens (tertiary/aromatic N) is 1. The molecule has 1 unspecified atom stereocenters. The topological polar surface area (TPSA) is 40.0 Å². The van der Waals surface area contributed by atoms with Crippen LogP contribution < -0.4 is 9.47 Å². The smallest absolute Gasteiger partial charge is 0.174 e. The van der Waals surface area contributed by atoms with Crippen LogP contribution >= 0.6 is 0 Å². The zero-order chi connectivity index (χ0) is 10.7. The van der Waals surface area contributed by atoms with Crippen molar-refractivity contribution in [2.75, 3.05) is 13.7 Å². The van der Waals surface area contributed by atoms with E-state index in [9.17, 15) is 0 Å². The van der Waals surface area contributed by atoms with Crippen LogP contribution in [0.4, 0.5) is 0 Å². The van der Waals surface area contributed by atoms with Crippen molar-refractivity contribution < 1.29 is 14.3 Å². The van der Waals surface area contributed by atoms with Gasteiger partial charge in [0.1, 0.15) is 13.7 Å². The highest BCUT2D eigenvalue weighted by Crippen LogP contribution is 2.31. The van der Waals surface area contributed by atoms with E-state index < -0.39 is 0 Å². The minimum absolute atomic E-state index is 0.167. The molecule has 4 nitrogen and oxygen atoms in total. The minimum Gasteiger partial charge on any atom is -0.485 e. The highest BCUT2D eigenvalue weighted by Gasteiger charge is 2.23. The first kappa shape index (κ1) is 9.83. The van der Waals surface area contributed by atoms with Crippen molar-refractivity contribution in [3.05, 3.63) is 24.3 Å². The molecular formula is C11H13NO3. The fourth-order valence-corrected chi connectivity index (χ4v) is 1.43. The second kappa shape index (κ2) is 4.21. The van der Waals surface area contributed by atoms with Crippen molar-refractivity contribution in [2.24, 2.45) is 5.16 Å². The minimum atomic E-state index is -0.167. The van der Waals surface area contributed by atoms with Crippen molar-refractivity contribution in [3.63, 3.8) is 0 Å². The van der Waals surface area contributed by atoms with Crippen LogP contribution in [-0.2, 0) is 4.84 Å². The number of hydrogen-bond donors (Lipinski definition) is 0. The Morgan fingerprint density at radius 2 is 2.13 bits per heavy atom. The molecule has 0 spiro atoms. The first-order valence-electron chi connectivity index (χ1n) is 4.77. The summed E-state index contributed by atoms with van der Waals surface area (Å²) in [5.74, 6) is 1.53. The Morgan fingerprint density at radius 1 is 1.40 bits per heavy atom. The summed E-state index contributed by atoms with van der Waals surface area (Å²) in [5.41, 5.74) is 0.770. The largest absolute Gasteiger partial charge is 0.485 e. The monoisotopic (exact) mass is 207 g/mol. The van der Waals surface area contributed by atoms with Crippen LogP contribution in [0, 0.1) is 0 Å². The van der Waals surface area contributed by atoms with Crippen molar-refractivity contribution in [1.29, 1.82) is 0 Å². The Balaban J connectivity index is 2.15. The Labute approximate surface area is 88.4 Å². The molecule has 0 amide bonds. The Bertz CT molecular complexity index is 376. The number of rotatable bonds is 2. The van der Waals surface area contributed by atoms with E-state index in [4.69, 9.17) is 14.3 Å². The number of hydrogen-bond acceptors (Lipinski definition) is 4. The van der Waals surface area contributed by atoms with E-state index in [2.05, 4.69) is 5.16 Å². The van der Waals surface area contributed by atoms with Gasteiger partial charge in [0.05, 0.1) is 5.71 Å². The van der Waals surface area contributed by atoms with E-state index in [-0.39, 0.29) is 6.10 Å². The van der Waals surface area contributed by atoms with E-state index >= 15 is 0 Å². The molecule has 0 saturated carbocycles. The first-order chi connectivity index (χ1) is 7.31. The van der Waals surface area contributed by atoms with Gasteiger partial charge in [-0.15, -0.1) is 0 Å². The molecule has 1 heterocycles. The summed E-state index contributed by atoms with van der Waals surface area (Å²) in [4.78, 5) is 4.70. The molecular weight excluding hydrogens is 194 g/mol. The third-order valence-corrected chi connectivity index (χ3v) is 2.21. The maximum absolute atomic E-state index is 5.71. The normalized spacial score (nSPS) is 19.9. The molecule has 1 atom stereocenters. The molecule has 0 radical (unpaired) electrons. The molecule has 0 aromatic heterocycles. The van der Waals surface area contributed by atoms with Gasteiger partial charge in [0.25, 0.3) is 0 Å². The third-order valence-electron chi connectivity index (χ3n) is 2.21. The lowest BCUT2D eigenvalue weighted by molar-refractivity contribution is 0.128. The average molecular weight is 207 g/mol. The van der Waals surface area contributed by atoms with Crippen LogP contribution in [0.3, 0.4) is 0 Å². The van der Waals surface area contributed by atoms with Gasteiger partial charge in [-0.05, 0) is 19.1 Å². The van der Waals surface area contributed by atoms with Crippen LogP contribution in [0.2, 0.25) is 0 Å². The highest BCUT2D eigenvalue weighted by atomic mass is 16.6. The van der Waals surface area contributed by atoms with E-state index in [0.29, 0.717) is 6.61 Å². The van der Waals surface area contributed by atoms with Crippen molar-refractivity contribution in [2.45, 2.75) is 13.0 Å². The van der Waals surface area contributed by atoms with Crippen molar-refractivity contribution in [3.8, 4) is 11.5 Å². The predicted octanol–water partition coefficient (Wildman–Crippen LogP) is 1.85. The summed E-state index contributed by atoms with van der Waals surface area (Å²) in [6.45, 7) is 2.32. The first-order valence-corrected chi connectivity index (χ1v) is 4.77. The molecule has 1 aliphatic rings. The molecule has 1 aromatic rings. The summed E-state index contributed by atoms with van der Waals surface area (Å²) in [7, 11) is 1.52. The maximum atomic E-state index is 5.71. The Morgan fingerprint density at radius 3 is 2.87 bits per heavy atom. The molecule has 0 bridgehead atoms. The SMILES string of the molecule is CON=C(C)C1COc2ccccc2O1. The molecule has 0 fully saturated rings. The maximum Gasteiger partial charge on any atom is 0.174 e. The molecule has 0 saturated heterocycles. The van der Waals surface area contributed by atoms with Crippen molar-refractivity contribution >= 4 is 5.71 Å². The lowest BCUT2D eigenvalue weighted by atomic mass is 10.2. The number of fused-ring (bicyclic) bond motifs is 1. The Hall–Kier alpha value is -1.71. The van der Waals surface area contributed by atoms with Gasteiger partial charge in [0, 0.05) is 0 Å². The van der Waals surface area contributed by atoms with Gasteiger partial charge in [0.2, 0.25) is 0 Å². The molecule has 1 aliphatic heterocycles. The van der Waals surface area contributed by atoms with Gasteiger partial charge in [-0.25, -0.2) is 0 Å². The van der Waals surface area contributed by atoms with Crippen LogP contribution in [0.25, 0.3) is 0 Å². The molecule has 2 rings (SSSR count). The molecule has 15 heavy (non-hydrogen) atoms. The van der Waals surface area contributed by atoms with Crippen LogP contribution in [0.15, 0.2) is 29.4 Å². The summed E-state index contributed by atoms with van der Waals surface area (Å²) in [6.07, 6.45) is -0.167. The molecule has 80 valence electrons. The zero-order valence-corrected chi connectivity index (χ0v) is 8.77. The van der Waals surface area contributed by atoms with Gasteiger partial charge < -0.3 is 14.3 Å². The quantitative estimate of drug-likeness (QED) is 0.549. The Kier molecular flexibility index (Phi) is 2.76. The number of para-hydroxylation sites is 2. The second-order valence-electron chi connectivity index (χ2n) is 3.28. The summed E-state index contributed by atoms with van der Waals surface area (Å²) < 4.78 is 11.3. The lowest BCUT2D eigenvalue weighted by Gasteiger charge is -2.25. The van der Waals surface area contributed by atoms with Crippen molar-refractivity contribution in [1.82, 2.24) is 0 Å². The van der Waals surface area contributed by atoms with Gasteiger partial charge in [-0.3, -0.25) is 0 Å². The fraction of sp³-hybridized carbons (Fsp3) is 0.364. The van der Waals surface area contributed by atoms with E-state index in [1.54, 1.807) is 0 Å². The van der Waals surface area contributed by atoms with Crippen LogP contribution in [0.1, 0.15) is 6.92 Å². The molecule has 0 N–H and O–H groups in total. The van der Waals surface area contributed by atoms with Crippen LogP contribution in [0.5, 0.6) is 11.5 Å². The van der Waals surface area contributed by atoms with E-state index in [0.717, 1.165) is 17.2 Å². The highest BCUT2D eigenvalue weighted by molar-refractivity contribution is 5.86. The summed E-state index contributed by atoms with van der Waals surface area (Å²) >= 11 is 0. The fourth-order valence-electron chi connectivity index (χ4n) is 1.43. The zero-order valence-electron chi connectivity index (χ0n) is 8.77. The molecule has 0 aliphatic carbocycles. The summed E-state index contributed by atoms with van der Waals surface area (Å²) in [5, 5.41) is 3.83. The van der Waals surface area contributed by atoms with Crippen LogP contribution in [-0.4, -0.2) is 25.5 Å². The van der Waals surface area contributed by atoms with Gasteiger partial charge in [-0.2, -0.15) is 0 Å². The third kappa shape index (κ3) is 2.03. The number of ether oxygens (including phenoxy) is 2. The van der Waals surface area contributed by atoms with E-state index in [1.165, 1.54) is 7.11 Å². The number of oxime groups is 1. The van der Waals surface area contributed by atoms with Gasteiger partial charge >= 0.3 is 0 Å². The standard InChI is InChI=1S/C11H13NO3/c1-8(12-13-2)11-7-14-9-5-3-4-6-10(9)15-11/h3-6,11H,7H2,1-2H3. The van der Waals surface area contributed by atoms with Gasteiger partial charge in [-0.1, -0.05) is 17.3 Å². The number of benzene rings is 1. The molecule has 4 heteroatoms.